The Bertz CT molecular complexity index is 707. The normalized spacial score (nSPS) is 18.3. The summed E-state index contributed by atoms with van der Waals surface area (Å²) in [5.41, 5.74) is 1.22. The van der Waals surface area contributed by atoms with E-state index in [2.05, 4.69) is 46.1 Å². The molecule has 1 amide bonds. The van der Waals surface area contributed by atoms with Gasteiger partial charge in [-0.2, -0.15) is 0 Å². The maximum absolute atomic E-state index is 12.6. The van der Waals surface area contributed by atoms with Crippen LogP contribution in [-0.2, 0) is 11.3 Å². The van der Waals surface area contributed by atoms with Gasteiger partial charge in [-0.1, -0.05) is 25.0 Å². The number of carbonyl (C=O) groups excluding carboxylic acids is 1. The summed E-state index contributed by atoms with van der Waals surface area (Å²) in [6, 6.07) is 8.16. The molecule has 7 heteroatoms. The van der Waals surface area contributed by atoms with E-state index in [0.717, 1.165) is 76.9 Å². The van der Waals surface area contributed by atoms with Crippen molar-refractivity contribution >= 4 is 11.9 Å². The van der Waals surface area contributed by atoms with Crippen molar-refractivity contribution in [1.29, 1.82) is 0 Å². The van der Waals surface area contributed by atoms with Crippen molar-refractivity contribution in [2.45, 2.75) is 39.2 Å². The van der Waals surface area contributed by atoms with E-state index in [1.165, 1.54) is 18.4 Å². The van der Waals surface area contributed by atoms with Gasteiger partial charge < -0.3 is 19.9 Å². The van der Waals surface area contributed by atoms with E-state index in [1.807, 2.05) is 12.1 Å². The maximum atomic E-state index is 12.6. The predicted octanol–water partition coefficient (Wildman–Crippen LogP) is 2.43. The lowest BCUT2D eigenvalue weighted by atomic mass is 10.1. The second-order valence-corrected chi connectivity index (χ2v) is 8.59. The van der Waals surface area contributed by atoms with Gasteiger partial charge in [0, 0.05) is 58.8 Å². The van der Waals surface area contributed by atoms with E-state index < -0.39 is 0 Å². The number of hydrogen-bond donors (Lipinski definition) is 1. The van der Waals surface area contributed by atoms with Gasteiger partial charge in [-0.3, -0.25) is 14.7 Å². The number of methoxy groups -OCH3 is 1. The van der Waals surface area contributed by atoms with Crippen LogP contribution in [0.5, 0.6) is 5.75 Å². The molecule has 0 spiro atoms. The van der Waals surface area contributed by atoms with E-state index in [0.29, 0.717) is 11.8 Å². The number of carbonyl (C=O) groups is 1. The number of guanidine groups is 1. The predicted molar refractivity (Wildman–Crippen MR) is 125 cm³/mol. The first-order valence-electron chi connectivity index (χ1n) is 11.7. The van der Waals surface area contributed by atoms with Crippen LogP contribution in [0.3, 0.4) is 0 Å². The third-order valence-electron chi connectivity index (χ3n) is 6.34. The molecule has 0 unspecified atom stereocenters. The monoisotopic (exact) mass is 429 g/mol. The van der Waals surface area contributed by atoms with E-state index in [4.69, 9.17) is 9.73 Å². The molecule has 0 bridgehead atoms. The highest BCUT2D eigenvalue weighted by atomic mass is 16.5. The summed E-state index contributed by atoms with van der Waals surface area (Å²) < 4.78 is 5.24. The number of amides is 1. The van der Waals surface area contributed by atoms with Gasteiger partial charge in [-0.15, -0.1) is 0 Å². The second kappa shape index (κ2) is 11.9. The van der Waals surface area contributed by atoms with Crippen LogP contribution in [-0.4, -0.2) is 86.5 Å². The Morgan fingerprint density at radius 3 is 2.45 bits per heavy atom. The molecule has 1 saturated carbocycles. The lowest BCUT2D eigenvalue weighted by molar-refractivity contribution is -0.137. The molecule has 1 aromatic rings. The summed E-state index contributed by atoms with van der Waals surface area (Å²) in [5, 5.41) is 3.40. The van der Waals surface area contributed by atoms with Crippen LogP contribution in [0.4, 0.5) is 0 Å². The Morgan fingerprint density at radius 1 is 1.16 bits per heavy atom. The summed E-state index contributed by atoms with van der Waals surface area (Å²) in [7, 11) is 3.75. The van der Waals surface area contributed by atoms with Crippen LogP contribution in [0.15, 0.2) is 29.3 Å². The largest absolute Gasteiger partial charge is 0.497 e. The zero-order valence-electron chi connectivity index (χ0n) is 19.5. The third kappa shape index (κ3) is 6.86. The fraction of sp³-hybridized carbons (Fsp3) is 0.667. The minimum Gasteiger partial charge on any atom is -0.497 e. The molecule has 1 aliphatic heterocycles. The second-order valence-electron chi connectivity index (χ2n) is 8.59. The molecule has 2 fully saturated rings. The van der Waals surface area contributed by atoms with Gasteiger partial charge in [-0.05, 0) is 37.5 Å². The van der Waals surface area contributed by atoms with E-state index >= 15 is 0 Å². The van der Waals surface area contributed by atoms with Gasteiger partial charge in [0.2, 0.25) is 5.91 Å². The zero-order chi connectivity index (χ0) is 22.1. The highest BCUT2D eigenvalue weighted by Gasteiger charge is 2.29. The van der Waals surface area contributed by atoms with Crippen molar-refractivity contribution in [2.75, 3.05) is 60.0 Å². The Labute approximate surface area is 187 Å². The van der Waals surface area contributed by atoms with Crippen molar-refractivity contribution in [1.82, 2.24) is 20.0 Å². The summed E-state index contributed by atoms with van der Waals surface area (Å²) in [5.74, 6) is 2.48. The van der Waals surface area contributed by atoms with Crippen molar-refractivity contribution < 1.29 is 9.53 Å². The molecule has 0 radical (unpaired) electrons. The lowest BCUT2D eigenvalue weighted by Gasteiger charge is -2.35. The van der Waals surface area contributed by atoms with Crippen LogP contribution < -0.4 is 10.1 Å². The molecule has 3 rings (SSSR count). The molecule has 1 aliphatic carbocycles. The number of ether oxygens (including phenoxy) is 1. The summed E-state index contributed by atoms with van der Waals surface area (Å²) in [6.07, 6.45) is 4.61. The minimum atomic E-state index is 0.292. The molecule has 31 heavy (non-hydrogen) atoms. The Balaban J connectivity index is 1.44. The lowest BCUT2D eigenvalue weighted by Crippen LogP contribution is -2.50. The maximum Gasteiger partial charge on any atom is 0.225 e. The molecule has 1 aromatic carbocycles. The van der Waals surface area contributed by atoms with Gasteiger partial charge >= 0.3 is 0 Å². The van der Waals surface area contributed by atoms with E-state index in [-0.39, 0.29) is 0 Å². The van der Waals surface area contributed by atoms with Crippen LogP contribution in [0.2, 0.25) is 0 Å². The molecular formula is C24H39N5O2. The number of rotatable bonds is 8. The molecule has 1 N–H and O–H groups in total. The topological polar surface area (TPSA) is 60.4 Å². The highest BCUT2D eigenvalue weighted by Crippen LogP contribution is 2.26. The summed E-state index contributed by atoms with van der Waals surface area (Å²) >= 11 is 0. The molecule has 0 atom stereocenters. The highest BCUT2D eigenvalue weighted by molar-refractivity contribution is 5.80. The SMILES string of the molecule is CCNC(=NCCN1CCN(C(=O)C2CCCC2)CC1)N(C)Cc1ccc(OC)cc1. The van der Waals surface area contributed by atoms with Gasteiger partial charge in [0.05, 0.1) is 13.7 Å². The quantitative estimate of drug-likeness (QED) is 0.508. The van der Waals surface area contributed by atoms with Crippen LogP contribution in [0.1, 0.15) is 38.2 Å². The molecule has 2 aliphatic rings. The standard InChI is InChI=1S/C24H39N5O2/c1-4-25-24(27(2)19-20-9-11-22(31-3)12-10-20)26-13-14-28-15-17-29(18-16-28)23(30)21-7-5-6-8-21/h9-12,21H,4-8,13-19H2,1-3H3,(H,25,26). The third-order valence-corrected chi connectivity index (χ3v) is 6.34. The minimum absolute atomic E-state index is 0.292. The summed E-state index contributed by atoms with van der Waals surface area (Å²) in [6.45, 7) is 9.02. The Hall–Kier alpha value is -2.28. The van der Waals surface area contributed by atoms with Crippen LogP contribution in [0, 0.1) is 5.92 Å². The number of nitrogens with one attached hydrogen (secondary N) is 1. The first-order chi connectivity index (χ1) is 15.1. The number of aliphatic imine (C=N–C) groups is 1. The number of hydrogen-bond acceptors (Lipinski definition) is 4. The molecule has 1 saturated heterocycles. The van der Waals surface area contributed by atoms with Crippen LogP contribution in [0.25, 0.3) is 0 Å². The van der Waals surface area contributed by atoms with Gasteiger partial charge in [-0.25, -0.2) is 0 Å². The number of benzene rings is 1. The number of piperazine rings is 1. The first kappa shape index (κ1) is 23.4. The Morgan fingerprint density at radius 2 is 1.84 bits per heavy atom. The molecule has 172 valence electrons. The van der Waals surface area contributed by atoms with Crippen molar-refractivity contribution in [3.63, 3.8) is 0 Å². The molecular weight excluding hydrogens is 390 g/mol. The van der Waals surface area contributed by atoms with Gasteiger partial charge in [0.15, 0.2) is 5.96 Å². The van der Waals surface area contributed by atoms with Crippen LogP contribution >= 0.6 is 0 Å². The number of nitrogens with zero attached hydrogens (tertiary/aromatic N) is 4. The molecule has 0 aromatic heterocycles. The van der Waals surface area contributed by atoms with Crippen molar-refractivity contribution in [2.24, 2.45) is 10.9 Å². The summed E-state index contributed by atoms with van der Waals surface area (Å²) in [4.78, 5) is 24.1. The average Bonchev–Trinajstić information content (AvgIpc) is 3.34. The smallest absolute Gasteiger partial charge is 0.225 e. The van der Waals surface area contributed by atoms with Crippen molar-refractivity contribution in [3.8, 4) is 5.75 Å². The Kier molecular flexibility index (Phi) is 9.00. The fourth-order valence-corrected chi connectivity index (χ4v) is 4.47. The van der Waals surface area contributed by atoms with Gasteiger partial charge in [0.1, 0.15) is 5.75 Å². The average molecular weight is 430 g/mol. The molecule has 1 heterocycles. The molecule has 7 nitrogen and oxygen atoms in total. The van der Waals surface area contributed by atoms with E-state index in [9.17, 15) is 4.79 Å². The van der Waals surface area contributed by atoms with Crippen molar-refractivity contribution in [3.05, 3.63) is 29.8 Å². The first-order valence-corrected chi connectivity index (χ1v) is 11.7. The zero-order valence-corrected chi connectivity index (χ0v) is 19.5. The fourth-order valence-electron chi connectivity index (χ4n) is 4.47. The van der Waals surface area contributed by atoms with Gasteiger partial charge in [0.25, 0.3) is 0 Å². The van der Waals surface area contributed by atoms with E-state index in [1.54, 1.807) is 7.11 Å².